The topological polar surface area (TPSA) is 42.6 Å². The van der Waals surface area contributed by atoms with E-state index in [1.54, 1.807) is 0 Å². The lowest BCUT2D eigenvalue weighted by Crippen LogP contribution is -3.12. The summed E-state index contributed by atoms with van der Waals surface area (Å²) in [6.45, 7) is 6.07. The third-order valence-corrected chi connectivity index (χ3v) is 7.67. The monoisotopic (exact) mass is 409 g/mol. The van der Waals surface area contributed by atoms with Gasteiger partial charge in [0.2, 0.25) is 11.0 Å². The highest BCUT2D eigenvalue weighted by atomic mass is 32.1. The largest absolute Gasteiger partial charge is 0.310 e. The quantitative estimate of drug-likeness (QED) is 0.745. The summed E-state index contributed by atoms with van der Waals surface area (Å²) in [5.74, 6) is 0.156. The maximum atomic E-state index is 12.4. The minimum atomic E-state index is 0.156. The second kappa shape index (κ2) is 7.50. The molecule has 2 aliphatic rings. The normalized spacial score (nSPS) is 22.2. The lowest BCUT2D eigenvalue weighted by Gasteiger charge is -2.31. The van der Waals surface area contributed by atoms with Crippen LogP contribution in [0.3, 0.4) is 0 Å². The fourth-order valence-corrected chi connectivity index (χ4v) is 6.01. The van der Waals surface area contributed by atoms with Gasteiger partial charge in [0.25, 0.3) is 0 Å². The van der Waals surface area contributed by atoms with Crippen LogP contribution in [0.2, 0.25) is 0 Å². The number of quaternary nitrogens is 1. The van der Waals surface area contributed by atoms with Gasteiger partial charge in [0, 0.05) is 35.7 Å². The number of hydrogen-bond acceptors (Lipinski definition) is 5. The number of nitrogens with one attached hydrogen (secondary N) is 1. The number of carbonyl (C=O) groups is 1. The van der Waals surface area contributed by atoms with Crippen molar-refractivity contribution in [2.75, 3.05) is 11.4 Å². The van der Waals surface area contributed by atoms with Crippen molar-refractivity contribution in [3.8, 4) is 0 Å². The number of anilines is 1. The van der Waals surface area contributed by atoms with Crippen LogP contribution in [0.5, 0.6) is 0 Å². The first-order valence-corrected chi connectivity index (χ1v) is 11.5. The molecule has 1 amide bonds. The van der Waals surface area contributed by atoms with Crippen LogP contribution in [0, 0.1) is 3.95 Å². The van der Waals surface area contributed by atoms with Crippen molar-refractivity contribution in [2.45, 2.75) is 64.7 Å². The maximum absolute atomic E-state index is 12.4. The summed E-state index contributed by atoms with van der Waals surface area (Å²) in [5, 5.41) is 7.76. The Morgan fingerprint density at radius 1 is 1.46 bits per heavy atom. The second-order valence-corrected chi connectivity index (χ2v) is 9.68. The van der Waals surface area contributed by atoms with Crippen LogP contribution in [-0.4, -0.2) is 28.3 Å². The number of carbonyl (C=O) groups excluding carboxylic acids is 1. The number of thiophene rings is 1. The van der Waals surface area contributed by atoms with Gasteiger partial charge in [-0.25, -0.2) is 0 Å². The number of nitrogens with zero attached hydrogens (tertiary/aromatic N) is 3. The SMILES string of the molecule is CCC(=O)N(c1nn(C[NH+]2CCc3sccc3[C@H]2CC)c(=S)s1)C1CC1. The molecule has 1 N–H and O–H groups in total. The first-order valence-electron chi connectivity index (χ1n) is 9.43. The van der Waals surface area contributed by atoms with Crippen molar-refractivity contribution in [1.29, 1.82) is 0 Å². The molecule has 0 bridgehead atoms. The second-order valence-electron chi connectivity index (χ2n) is 7.07. The molecular weight excluding hydrogens is 384 g/mol. The van der Waals surface area contributed by atoms with Crippen molar-refractivity contribution in [2.24, 2.45) is 0 Å². The van der Waals surface area contributed by atoms with E-state index in [1.165, 1.54) is 26.7 Å². The fourth-order valence-electron chi connectivity index (χ4n) is 3.88. The van der Waals surface area contributed by atoms with E-state index >= 15 is 0 Å². The van der Waals surface area contributed by atoms with Crippen LogP contribution in [0.25, 0.3) is 0 Å². The Kier molecular flexibility index (Phi) is 5.27. The molecule has 2 atom stereocenters. The molecule has 3 heterocycles. The number of rotatable bonds is 6. The summed E-state index contributed by atoms with van der Waals surface area (Å²) in [5.41, 5.74) is 1.50. The van der Waals surface area contributed by atoms with Gasteiger partial charge in [-0.1, -0.05) is 25.2 Å². The molecule has 1 fully saturated rings. The Balaban J connectivity index is 1.57. The summed E-state index contributed by atoms with van der Waals surface area (Å²) >= 11 is 8.96. The Labute approximate surface area is 167 Å². The minimum Gasteiger partial charge on any atom is -0.310 e. The van der Waals surface area contributed by atoms with Gasteiger partial charge in [-0.05, 0) is 36.5 Å². The summed E-state index contributed by atoms with van der Waals surface area (Å²) < 4.78 is 2.72. The lowest BCUT2D eigenvalue weighted by molar-refractivity contribution is -0.956. The minimum absolute atomic E-state index is 0.156. The highest BCUT2D eigenvalue weighted by Gasteiger charge is 2.36. The Hall–Kier alpha value is -1.09. The van der Waals surface area contributed by atoms with Crippen molar-refractivity contribution >= 4 is 45.9 Å². The van der Waals surface area contributed by atoms with E-state index in [4.69, 9.17) is 17.3 Å². The van der Waals surface area contributed by atoms with Crippen LogP contribution < -0.4 is 9.80 Å². The van der Waals surface area contributed by atoms with Crippen LogP contribution in [0.15, 0.2) is 11.4 Å². The smallest absolute Gasteiger partial charge is 0.228 e. The van der Waals surface area contributed by atoms with Gasteiger partial charge in [0.15, 0.2) is 10.6 Å². The number of hydrogen-bond donors (Lipinski definition) is 1. The van der Waals surface area contributed by atoms with Gasteiger partial charge < -0.3 is 4.90 Å². The zero-order valence-corrected chi connectivity index (χ0v) is 17.7. The van der Waals surface area contributed by atoms with Gasteiger partial charge in [-0.3, -0.25) is 9.69 Å². The summed E-state index contributed by atoms with van der Waals surface area (Å²) in [6, 6.07) is 3.12. The molecule has 0 aromatic carbocycles. The van der Waals surface area contributed by atoms with Gasteiger partial charge in [-0.2, -0.15) is 4.68 Å². The van der Waals surface area contributed by atoms with Crippen molar-refractivity contribution < 1.29 is 9.69 Å². The molecule has 0 spiro atoms. The molecular formula is C18H25N4OS3+. The average Bonchev–Trinajstić information content (AvgIpc) is 3.24. The first-order chi connectivity index (χ1) is 12.6. The predicted octanol–water partition coefficient (Wildman–Crippen LogP) is 3.19. The van der Waals surface area contributed by atoms with E-state index < -0.39 is 0 Å². The zero-order valence-electron chi connectivity index (χ0n) is 15.2. The zero-order chi connectivity index (χ0) is 18.3. The van der Waals surface area contributed by atoms with Gasteiger partial charge in [0.05, 0.1) is 6.54 Å². The molecule has 5 nitrogen and oxygen atoms in total. The van der Waals surface area contributed by atoms with Crippen molar-refractivity contribution in [1.82, 2.24) is 9.78 Å². The third-order valence-electron chi connectivity index (χ3n) is 5.37. The molecule has 4 rings (SSSR count). The number of amides is 1. The van der Waals surface area contributed by atoms with E-state index in [0.717, 1.165) is 48.0 Å². The standard InChI is InChI=1S/C18H24N4OS3/c1-3-14-13-8-10-25-15(13)7-9-20(14)11-21-18(24)26-17(19-21)22(12-5-6-12)16(23)4-2/h8,10,12,14H,3-7,9,11H2,1-2H3/p+1/t14-/m1/s1. The van der Waals surface area contributed by atoms with Gasteiger partial charge in [-0.15, -0.1) is 16.4 Å². The molecule has 0 radical (unpaired) electrons. The summed E-state index contributed by atoms with van der Waals surface area (Å²) in [6.07, 6.45) is 4.92. The molecule has 0 saturated heterocycles. The van der Waals surface area contributed by atoms with Crippen molar-refractivity contribution in [3.05, 3.63) is 25.8 Å². The molecule has 1 unspecified atom stereocenters. The Morgan fingerprint density at radius 2 is 2.27 bits per heavy atom. The molecule has 140 valence electrons. The summed E-state index contributed by atoms with van der Waals surface area (Å²) in [4.78, 5) is 17.3. The highest BCUT2D eigenvalue weighted by molar-refractivity contribution is 7.73. The van der Waals surface area contributed by atoms with E-state index in [9.17, 15) is 4.79 Å². The van der Waals surface area contributed by atoms with E-state index in [-0.39, 0.29) is 5.91 Å². The molecule has 1 aliphatic carbocycles. The van der Waals surface area contributed by atoms with Gasteiger partial charge >= 0.3 is 0 Å². The van der Waals surface area contributed by atoms with Crippen LogP contribution in [0.4, 0.5) is 5.13 Å². The van der Waals surface area contributed by atoms with E-state index in [1.807, 2.05) is 27.8 Å². The molecule has 2 aromatic heterocycles. The van der Waals surface area contributed by atoms with Crippen molar-refractivity contribution in [3.63, 3.8) is 0 Å². The fraction of sp³-hybridized carbons (Fsp3) is 0.611. The maximum Gasteiger partial charge on any atom is 0.228 e. The molecule has 2 aromatic rings. The molecule has 8 heteroatoms. The molecule has 1 saturated carbocycles. The average molecular weight is 410 g/mol. The first kappa shape index (κ1) is 18.3. The summed E-state index contributed by atoms with van der Waals surface area (Å²) in [7, 11) is 0. The Morgan fingerprint density at radius 3 is 2.96 bits per heavy atom. The predicted molar refractivity (Wildman–Crippen MR) is 109 cm³/mol. The third kappa shape index (κ3) is 3.40. The number of aromatic nitrogens is 2. The molecule has 26 heavy (non-hydrogen) atoms. The van der Waals surface area contributed by atoms with Crippen LogP contribution >= 0.6 is 34.9 Å². The van der Waals surface area contributed by atoms with E-state index in [2.05, 4.69) is 18.4 Å². The highest BCUT2D eigenvalue weighted by Crippen LogP contribution is 2.34. The lowest BCUT2D eigenvalue weighted by atomic mass is 9.98. The van der Waals surface area contributed by atoms with Gasteiger partial charge in [0.1, 0.15) is 6.04 Å². The number of fused-ring (bicyclic) bond motifs is 1. The van der Waals surface area contributed by atoms with Crippen LogP contribution in [-0.2, 0) is 17.9 Å². The molecule has 1 aliphatic heterocycles. The Bertz CT molecular complexity index is 851. The van der Waals surface area contributed by atoms with E-state index in [0.29, 0.717) is 18.5 Å². The van der Waals surface area contributed by atoms with Crippen LogP contribution in [0.1, 0.15) is 56.0 Å².